The van der Waals surface area contributed by atoms with Crippen LogP contribution in [0.2, 0.25) is 0 Å². The van der Waals surface area contributed by atoms with Gasteiger partial charge in [0.15, 0.2) is 0 Å². The molecule has 1 heterocycles. The molecule has 5 heteroatoms. The van der Waals surface area contributed by atoms with Crippen LogP contribution < -0.4 is 14.8 Å². The van der Waals surface area contributed by atoms with Gasteiger partial charge in [-0.15, -0.1) is 0 Å². The van der Waals surface area contributed by atoms with Crippen LogP contribution in [0.25, 0.3) is 0 Å². The van der Waals surface area contributed by atoms with Crippen LogP contribution >= 0.6 is 0 Å². The van der Waals surface area contributed by atoms with Crippen LogP contribution in [0, 0.1) is 0 Å². The Balaban J connectivity index is 1.66. The molecule has 0 saturated carbocycles. The number of benzene rings is 1. The van der Waals surface area contributed by atoms with Gasteiger partial charge in [0.05, 0.1) is 13.2 Å². The number of hydrogen-bond donors (Lipinski definition) is 1. The Labute approximate surface area is 125 Å². The maximum Gasteiger partial charge on any atom is 0.225 e. The van der Waals surface area contributed by atoms with Crippen molar-refractivity contribution < 1.29 is 9.47 Å². The van der Waals surface area contributed by atoms with E-state index in [0.29, 0.717) is 25.0 Å². The van der Waals surface area contributed by atoms with Crippen LogP contribution in [0.1, 0.15) is 19.8 Å². The molecule has 0 atom stereocenters. The van der Waals surface area contributed by atoms with Gasteiger partial charge in [-0.3, -0.25) is 0 Å². The van der Waals surface area contributed by atoms with Gasteiger partial charge < -0.3 is 14.8 Å². The molecular formula is C16H21N3O2. The minimum Gasteiger partial charge on any atom is -0.494 e. The van der Waals surface area contributed by atoms with Crippen molar-refractivity contribution in [2.75, 3.05) is 25.1 Å². The molecule has 1 aromatic heterocycles. The Hall–Kier alpha value is -2.30. The highest BCUT2D eigenvalue weighted by molar-refractivity contribution is 5.27. The zero-order chi connectivity index (χ0) is 14.8. The molecule has 1 aromatic carbocycles. The molecule has 0 aliphatic heterocycles. The van der Waals surface area contributed by atoms with Gasteiger partial charge in [-0.1, -0.05) is 25.1 Å². The summed E-state index contributed by atoms with van der Waals surface area (Å²) in [6.07, 6.45) is 3.53. The first-order valence-electron chi connectivity index (χ1n) is 7.26. The Morgan fingerprint density at radius 2 is 1.90 bits per heavy atom. The minimum atomic E-state index is 0.586. The van der Waals surface area contributed by atoms with Crippen molar-refractivity contribution in [2.24, 2.45) is 0 Å². The normalized spacial score (nSPS) is 10.1. The second-order valence-corrected chi connectivity index (χ2v) is 4.51. The Morgan fingerprint density at radius 1 is 1.05 bits per heavy atom. The summed E-state index contributed by atoms with van der Waals surface area (Å²) in [6, 6.07) is 11.6. The fourth-order valence-corrected chi connectivity index (χ4v) is 1.69. The quantitative estimate of drug-likeness (QED) is 0.718. The molecule has 0 fully saturated rings. The van der Waals surface area contributed by atoms with Gasteiger partial charge in [-0.25, -0.2) is 4.98 Å². The molecule has 2 aromatic rings. The number of hydrogen-bond acceptors (Lipinski definition) is 5. The maximum atomic E-state index is 5.62. The van der Waals surface area contributed by atoms with Crippen LogP contribution in [0.4, 0.5) is 5.95 Å². The number of anilines is 1. The Morgan fingerprint density at radius 3 is 2.71 bits per heavy atom. The summed E-state index contributed by atoms with van der Waals surface area (Å²) in [4.78, 5) is 8.44. The smallest absolute Gasteiger partial charge is 0.225 e. The second-order valence-electron chi connectivity index (χ2n) is 4.51. The van der Waals surface area contributed by atoms with Crippen LogP contribution in [0.5, 0.6) is 11.6 Å². The molecule has 0 radical (unpaired) electrons. The summed E-state index contributed by atoms with van der Waals surface area (Å²) >= 11 is 0. The maximum absolute atomic E-state index is 5.62. The lowest BCUT2D eigenvalue weighted by Crippen LogP contribution is -2.10. The van der Waals surface area contributed by atoms with E-state index in [1.165, 1.54) is 0 Å². The first-order chi connectivity index (χ1) is 10.4. The van der Waals surface area contributed by atoms with E-state index in [1.54, 1.807) is 12.3 Å². The predicted molar refractivity (Wildman–Crippen MR) is 82.9 cm³/mol. The molecule has 0 aliphatic rings. The second kappa shape index (κ2) is 8.79. The highest BCUT2D eigenvalue weighted by Gasteiger charge is 1.99. The van der Waals surface area contributed by atoms with Crippen molar-refractivity contribution in [3.8, 4) is 11.6 Å². The van der Waals surface area contributed by atoms with E-state index in [0.717, 1.165) is 25.1 Å². The lowest BCUT2D eigenvalue weighted by Gasteiger charge is -2.08. The molecule has 0 aliphatic carbocycles. The van der Waals surface area contributed by atoms with Gasteiger partial charge in [-0.2, -0.15) is 4.98 Å². The lowest BCUT2D eigenvalue weighted by molar-refractivity contribution is 0.305. The summed E-state index contributed by atoms with van der Waals surface area (Å²) in [5.41, 5.74) is 0. The van der Waals surface area contributed by atoms with Gasteiger partial charge in [0, 0.05) is 18.8 Å². The average molecular weight is 287 g/mol. The molecule has 21 heavy (non-hydrogen) atoms. The van der Waals surface area contributed by atoms with Crippen molar-refractivity contribution >= 4 is 5.95 Å². The molecule has 0 bridgehead atoms. The SMILES string of the molecule is CCCOc1ccnc(NCCCOc2ccccc2)n1. The zero-order valence-corrected chi connectivity index (χ0v) is 12.3. The van der Waals surface area contributed by atoms with Crippen LogP contribution in [0.15, 0.2) is 42.6 Å². The van der Waals surface area contributed by atoms with Gasteiger partial charge in [0.25, 0.3) is 0 Å². The van der Waals surface area contributed by atoms with Gasteiger partial charge in [0.2, 0.25) is 11.8 Å². The molecule has 0 amide bonds. The van der Waals surface area contributed by atoms with Crippen LogP contribution in [0.3, 0.4) is 0 Å². The third kappa shape index (κ3) is 5.69. The van der Waals surface area contributed by atoms with Crippen molar-refractivity contribution in [1.82, 2.24) is 9.97 Å². The average Bonchev–Trinajstić information content (AvgIpc) is 2.54. The van der Waals surface area contributed by atoms with Crippen molar-refractivity contribution in [1.29, 1.82) is 0 Å². The molecule has 0 saturated heterocycles. The van der Waals surface area contributed by atoms with Crippen LogP contribution in [-0.2, 0) is 0 Å². The molecule has 0 spiro atoms. The summed E-state index contributed by atoms with van der Waals surface area (Å²) in [5, 5.41) is 3.17. The monoisotopic (exact) mass is 287 g/mol. The molecule has 0 unspecified atom stereocenters. The third-order valence-corrected chi connectivity index (χ3v) is 2.70. The Bertz CT molecular complexity index is 520. The summed E-state index contributed by atoms with van der Waals surface area (Å²) in [5.74, 6) is 2.09. The third-order valence-electron chi connectivity index (χ3n) is 2.70. The molecule has 112 valence electrons. The number of rotatable bonds is 9. The lowest BCUT2D eigenvalue weighted by atomic mass is 10.3. The van der Waals surface area contributed by atoms with Crippen molar-refractivity contribution in [2.45, 2.75) is 19.8 Å². The zero-order valence-electron chi connectivity index (χ0n) is 12.3. The minimum absolute atomic E-state index is 0.586. The van der Waals surface area contributed by atoms with E-state index in [2.05, 4.69) is 22.2 Å². The Kier molecular flexibility index (Phi) is 6.32. The number of aromatic nitrogens is 2. The van der Waals surface area contributed by atoms with Gasteiger partial charge in [0.1, 0.15) is 5.75 Å². The van der Waals surface area contributed by atoms with E-state index < -0.39 is 0 Å². The summed E-state index contributed by atoms with van der Waals surface area (Å²) < 4.78 is 11.1. The number of nitrogens with zero attached hydrogens (tertiary/aromatic N) is 2. The fourth-order valence-electron chi connectivity index (χ4n) is 1.69. The summed E-state index contributed by atoms with van der Waals surface area (Å²) in [6.45, 7) is 4.14. The standard InChI is InChI=1S/C16H21N3O2/c1-2-12-21-15-9-11-18-16(19-15)17-10-6-13-20-14-7-4-3-5-8-14/h3-5,7-9,11H,2,6,10,12-13H2,1H3,(H,17,18,19). The van der Waals surface area contributed by atoms with E-state index in [9.17, 15) is 0 Å². The van der Waals surface area contributed by atoms with Gasteiger partial charge >= 0.3 is 0 Å². The number of ether oxygens (including phenoxy) is 2. The topological polar surface area (TPSA) is 56.3 Å². The van der Waals surface area contributed by atoms with E-state index in [1.807, 2.05) is 30.3 Å². The van der Waals surface area contributed by atoms with E-state index >= 15 is 0 Å². The molecule has 2 rings (SSSR count). The van der Waals surface area contributed by atoms with Crippen molar-refractivity contribution in [3.63, 3.8) is 0 Å². The highest BCUT2D eigenvalue weighted by Crippen LogP contribution is 2.10. The molecule has 5 nitrogen and oxygen atoms in total. The molecular weight excluding hydrogens is 266 g/mol. The largest absolute Gasteiger partial charge is 0.494 e. The molecule has 1 N–H and O–H groups in total. The van der Waals surface area contributed by atoms with Crippen LogP contribution in [-0.4, -0.2) is 29.7 Å². The van der Waals surface area contributed by atoms with Crippen molar-refractivity contribution in [3.05, 3.63) is 42.6 Å². The number of para-hydroxylation sites is 1. The predicted octanol–water partition coefficient (Wildman–Crippen LogP) is 3.15. The first-order valence-corrected chi connectivity index (χ1v) is 7.26. The number of nitrogens with one attached hydrogen (secondary N) is 1. The van der Waals surface area contributed by atoms with E-state index in [4.69, 9.17) is 9.47 Å². The fraction of sp³-hybridized carbons (Fsp3) is 0.375. The summed E-state index contributed by atoms with van der Waals surface area (Å²) in [7, 11) is 0. The van der Waals surface area contributed by atoms with Gasteiger partial charge in [-0.05, 0) is 25.0 Å². The highest BCUT2D eigenvalue weighted by atomic mass is 16.5. The van der Waals surface area contributed by atoms with E-state index in [-0.39, 0.29) is 0 Å². The first kappa shape index (κ1) is 15.1.